The van der Waals surface area contributed by atoms with Crippen LogP contribution in [0.15, 0.2) is 0 Å². The van der Waals surface area contributed by atoms with Crippen molar-refractivity contribution in [1.82, 2.24) is 0 Å². The van der Waals surface area contributed by atoms with Gasteiger partial charge in [-0.05, 0) is 34.6 Å². The average Bonchev–Trinajstić information content (AvgIpc) is 2.56. The highest BCUT2D eigenvalue weighted by Gasteiger charge is 2.15. The number of ether oxygens (including phenoxy) is 6. The van der Waals surface area contributed by atoms with Crippen molar-refractivity contribution in [3.05, 3.63) is 0 Å². The third-order valence-electron chi connectivity index (χ3n) is 2.80. The summed E-state index contributed by atoms with van der Waals surface area (Å²) in [5.74, 6) is 0. The molecule has 0 aromatic rings. The minimum atomic E-state index is -0.871. The molecule has 0 bridgehead atoms. The van der Waals surface area contributed by atoms with E-state index in [0.717, 1.165) is 0 Å². The summed E-state index contributed by atoms with van der Waals surface area (Å²) < 4.78 is 30.1. The minimum absolute atomic E-state index is 0.135. The van der Waals surface area contributed by atoms with E-state index in [1.54, 1.807) is 20.8 Å². The maximum Gasteiger partial charge on any atom is 0.508 e. The van der Waals surface area contributed by atoms with E-state index in [1.807, 2.05) is 0 Å². The van der Waals surface area contributed by atoms with E-state index >= 15 is 0 Å². The lowest BCUT2D eigenvalue weighted by Gasteiger charge is -2.19. The number of rotatable bonds is 13. The molecule has 0 spiro atoms. The van der Waals surface area contributed by atoms with Gasteiger partial charge in [-0.2, -0.15) is 0 Å². The predicted molar refractivity (Wildman–Crippen MR) is 93.4 cm³/mol. The van der Waals surface area contributed by atoms with Crippen molar-refractivity contribution >= 4 is 12.3 Å². The summed E-state index contributed by atoms with van der Waals surface area (Å²) in [5.41, 5.74) is 0. The van der Waals surface area contributed by atoms with Gasteiger partial charge >= 0.3 is 12.3 Å². The van der Waals surface area contributed by atoms with Gasteiger partial charge in [0.05, 0.1) is 38.1 Å². The lowest BCUT2D eigenvalue weighted by molar-refractivity contribution is -0.0682. The van der Waals surface area contributed by atoms with Gasteiger partial charge in [0.1, 0.15) is 25.4 Å². The van der Waals surface area contributed by atoms with Crippen LogP contribution in [0.2, 0.25) is 0 Å². The molecular formula is C17H32O10. The number of carbonyl (C=O) groups is 2. The van der Waals surface area contributed by atoms with Crippen LogP contribution >= 0.6 is 0 Å². The largest absolute Gasteiger partial charge is 0.508 e. The predicted octanol–water partition coefficient (Wildman–Crippen LogP) is 1.25. The van der Waals surface area contributed by atoms with Crippen molar-refractivity contribution in [1.29, 1.82) is 0 Å². The molecule has 0 aromatic heterocycles. The number of carbonyl (C=O) groups excluding carboxylic acids is 2. The fourth-order valence-corrected chi connectivity index (χ4v) is 1.59. The second kappa shape index (κ2) is 14.4. The summed E-state index contributed by atoms with van der Waals surface area (Å²) in [5, 5.41) is 18.0. The Morgan fingerprint density at radius 3 is 1.52 bits per heavy atom. The quantitative estimate of drug-likeness (QED) is 0.439. The van der Waals surface area contributed by atoms with Crippen molar-refractivity contribution < 1.29 is 48.2 Å². The molecule has 160 valence electrons. The van der Waals surface area contributed by atoms with Gasteiger partial charge < -0.3 is 38.6 Å². The normalized spacial score (nSPS) is 16.6. The molecule has 0 aromatic carbocycles. The zero-order valence-electron chi connectivity index (χ0n) is 16.6. The van der Waals surface area contributed by atoms with Crippen LogP contribution in [0.3, 0.4) is 0 Å². The molecule has 10 nitrogen and oxygen atoms in total. The molecule has 2 N–H and O–H groups in total. The summed E-state index contributed by atoms with van der Waals surface area (Å²) in [6.07, 6.45) is -4.58. The summed E-state index contributed by atoms with van der Waals surface area (Å²) in [6.45, 7) is 8.32. The Balaban J connectivity index is 3.79. The Bertz CT molecular complexity index is 413. The average molecular weight is 396 g/mol. The second-order valence-electron chi connectivity index (χ2n) is 6.36. The van der Waals surface area contributed by atoms with E-state index in [2.05, 4.69) is 9.47 Å². The molecule has 5 atom stereocenters. The van der Waals surface area contributed by atoms with Gasteiger partial charge in [-0.25, -0.2) is 9.59 Å². The highest BCUT2D eigenvalue weighted by atomic mass is 16.7. The third kappa shape index (κ3) is 16.3. The summed E-state index contributed by atoms with van der Waals surface area (Å²) in [6, 6.07) is 0. The van der Waals surface area contributed by atoms with Gasteiger partial charge in [0.15, 0.2) is 0 Å². The first-order valence-electron chi connectivity index (χ1n) is 8.82. The Hall–Kier alpha value is -1.62. The molecule has 27 heavy (non-hydrogen) atoms. The van der Waals surface area contributed by atoms with E-state index < -0.39 is 36.7 Å². The van der Waals surface area contributed by atoms with Gasteiger partial charge in [-0.15, -0.1) is 0 Å². The first kappa shape index (κ1) is 25.4. The number of hydrogen-bond acceptors (Lipinski definition) is 10. The topological polar surface area (TPSA) is 130 Å². The van der Waals surface area contributed by atoms with Crippen molar-refractivity contribution in [2.24, 2.45) is 0 Å². The van der Waals surface area contributed by atoms with Crippen molar-refractivity contribution in [3.8, 4) is 0 Å². The standard InChI is InChI=1S/C17H32O10/c1-11(18)6-24-16(20)26-14(4)9-22-8-13(3)23-10-15(5)27-17(21)25-7-12(2)19/h11-15,18-19H,6-10H2,1-5H3. The van der Waals surface area contributed by atoms with E-state index in [0.29, 0.717) is 0 Å². The van der Waals surface area contributed by atoms with Crippen molar-refractivity contribution in [2.75, 3.05) is 33.0 Å². The third-order valence-corrected chi connectivity index (χ3v) is 2.80. The Kier molecular flexibility index (Phi) is 13.6. The summed E-state index contributed by atoms with van der Waals surface area (Å²) >= 11 is 0. The SMILES string of the molecule is CC(O)COC(=O)OC(C)COCC(C)OCC(C)OC(=O)OCC(C)O. The van der Waals surface area contributed by atoms with Crippen LogP contribution < -0.4 is 0 Å². The van der Waals surface area contributed by atoms with Crippen LogP contribution in [0.1, 0.15) is 34.6 Å². The molecule has 0 amide bonds. The molecule has 0 aliphatic carbocycles. The second-order valence-corrected chi connectivity index (χ2v) is 6.36. The molecule has 0 aliphatic rings. The van der Waals surface area contributed by atoms with Crippen LogP contribution in [0.5, 0.6) is 0 Å². The molecular weight excluding hydrogens is 364 g/mol. The zero-order valence-corrected chi connectivity index (χ0v) is 16.6. The van der Waals surface area contributed by atoms with Crippen LogP contribution in [0.25, 0.3) is 0 Å². The molecule has 0 aliphatic heterocycles. The smallest absolute Gasteiger partial charge is 0.432 e. The number of hydrogen-bond donors (Lipinski definition) is 2. The monoisotopic (exact) mass is 396 g/mol. The first-order valence-corrected chi connectivity index (χ1v) is 8.82. The van der Waals surface area contributed by atoms with Gasteiger partial charge in [-0.3, -0.25) is 0 Å². The molecule has 0 rings (SSSR count). The zero-order chi connectivity index (χ0) is 20.8. The summed E-state index contributed by atoms with van der Waals surface area (Å²) in [4.78, 5) is 22.6. The molecule has 10 heteroatoms. The lowest BCUT2D eigenvalue weighted by Crippen LogP contribution is -2.28. The Morgan fingerprint density at radius 2 is 1.07 bits per heavy atom. The molecule has 0 fully saturated rings. The maximum atomic E-state index is 11.3. The van der Waals surface area contributed by atoms with Crippen LogP contribution in [-0.2, 0) is 28.4 Å². The summed E-state index contributed by atoms with van der Waals surface area (Å²) in [7, 11) is 0. The maximum absolute atomic E-state index is 11.3. The Morgan fingerprint density at radius 1 is 0.667 bits per heavy atom. The number of aliphatic hydroxyl groups is 2. The van der Waals surface area contributed by atoms with E-state index in [1.165, 1.54) is 13.8 Å². The van der Waals surface area contributed by atoms with Gasteiger partial charge in [0, 0.05) is 0 Å². The van der Waals surface area contributed by atoms with Crippen LogP contribution in [0, 0.1) is 0 Å². The molecule has 0 saturated heterocycles. The molecule has 0 radical (unpaired) electrons. The highest BCUT2D eigenvalue weighted by molar-refractivity contribution is 5.60. The first-order chi connectivity index (χ1) is 12.6. The fraction of sp³-hybridized carbons (Fsp3) is 0.882. The highest BCUT2D eigenvalue weighted by Crippen LogP contribution is 2.02. The van der Waals surface area contributed by atoms with Crippen molar-refractivity contribution in [3.63, 3.8) is 0 Å². The molecule has 0 heterocycles. The lowest BCUT2D eigenvalue weighted by atomic mass is 10.4. The van der Waals surface area contributed by atoms with E-state index in [9.17, 15) is 9.59 Å². The van der Waals surface area contributed by atoms with Gasteiger partial charge in [0.2, 0.25) is 0 Å². The molecule has 5 unspecified atom stereocenters. The van der Waals surface area contributed by atoms with Gasteiger partial charge in [0.25, 0.3) is 0 Å². The van der Waals surface area contributed by atoms with E-state index in [-0.39, 0.29) is 39.1 Å². The van der Waals surface area contributed by atoms with E-state index in [4.69, 9.17) is 29.2 Å². The van der Waals surface area contributed by atoms with Crippen molar-refractivity contribution in [2.45, 2.75) is 65.1 Å². The number of aliphatic hydroxyl groups excluding tert-OH is 2. The van der Waals surface area contributed by atoms with Gasteiger partial charge in [-0.1, -0.05) is 0 Å². The molecule has 0 saturated carbocycles. The fourth-order valence-electron chi connectivity index (χ4n) is 1.59. The van der Waals surface area contributed by atoms with Crippen LogP contribution in [0.4, 0.5) is 9.59 Å². The minimum Gasteiger partial charge on any atom is -0.432 e. The van der Waals surface area contributed by atoms with Crippen LogP contribution in [-0.4, -0.2) is 86.1 Å². The Labute approximate surface area is 159 Å².